The van der Waals surface area contributed by atoms with E-state index in [-0.39, 0.29) is 9.66 Å². The molecule has 1 fully saturated rings. The van der Waals surface area contributed by atoms with Crippen molar-refractivity contribution >= 4 is 24.9 Å². The Kier molecular flexibility index (Phi) is 10.3. The zero-order valence-electron chi connectivity index (χ0n) is 18.3. The first-order chi connectivity index (χ1) is 13.8. The number of halogens is 3. The molecule has 29 heavy (non-hydrogen) atoms. The molecule has 2 rings (SSSR count). The van der Waals surface area contributed by atoms with Gasteiger partial charge in [0.25, 0.3) is 0 Å². The number of unbranched alkanes of at least 4 members (excludes halogenated alkanes) is 3. The van der Waals surface area contributed by atoms with E-state index in [0.29, 0.717) is 6.61 Å². The molecule has 0 aliphatic carbocycles. The third-order valence-electron chi connectivity index (χ3n) is 5.87. The molecule has 1 aromatic rings. The summed E-state index contributed by atoms with van der Waals surface area (Å²) in [5, 5.41) is 4.04. The van der Waals surface area contributed by atoms with Crippen LogP contribution in [0.4, 0.5) is 13.2 Å². The van der Waals surface area contributed by atoms with Crippen molar-refractivity contribution < 1.29 is 17.9 Å². The summed E-state index contributed by atoms with van der Waals surface area (Å²) >= 11 is -1.32. The normalized spacial score (nSPS) is 18.3. The fraction of sp³-hybridized carbons (Fsp3) is 0.864. The summed E-state index contributed by atoms with van der Waals surface area (Å²) in [5.41, 5.74) is -0.738. The molecule has 0 aromatic carbocycles. The third kappa shape index (κ3) is 7.44. The maximum atomic E-state index is 13.5. The Balaban J connectivity index is 2.38. The van der Waals surface area contributed by atoms with Crippen LogP contribution >= 0.6 is 0 Å². The van der Waals surface area contributed by atoms with Crippen LogP contribution in [0.25, 0.3) is 0 Å². The van der Waals surface area contributed by atoms with Gasteiger partial charge < -0.3 is 0 Å². The van der Waals surface area contributed by atoms with E-state index in [1.165, 1.54) is 6.07 Å². The standard InChI is InChI=1S/C13H27.C9H10F3N2O.Sn/c1-4-7-10-13(11-8-5-2)12-9-6-3;10-9(11,12)7-4-5-14(13-7)8-3-1-2-6-15-8;/h4-12H2,1-3H3;4,8H,1-3,6H2;. The average Bonchev–Trinajstić information content (AvgIpc) is 3.13. The quantitative estimate of drug-likeness (QED) is 0.288. The number of alkyl halides is 3. The molecule has 1 unspecified atom stereocenters. The van der Waals surface area contributed by atoms with Crippen molar-refractivity contribution in [1.82, 2.24) is 9.78 Å². The zero-order chi connectivity index (χ0) is 21.3. The van der Waals surface area contributed by atoms with Crippen LogP contribution in [0.2, 0.25) is 3.43 Å². The van der Waals surface area contributed by atoms with Crippen LogP contribution in [0.15, 0.2) is 6.07 Å². The second-order valence-corrected chi connectivity index (χ2v) is 13.6. The van der Waals surface area contributed by atoms with Crippen LogP contribution in [0.3, 0.4) is 0 Å². The van der Waals surface area contributed by atoms with Crippen LogP contribution in [0.5, 0.6) is 0 Å². The SMILES string of the molecule is CCCC[C](CCCC)(CCCC)[Sn][c]1cc(C(F)(F)F)nn1C1CCCCO1. The molecule has 1 saturated heterocycles. The van der Waals surface area contributed by atoms with Crippen molar-refractivity contribution in [1.29, 1.82) is 0 Å². The first-order valence-corrected chi connectivity index (χ1v) is 14.3. The summed E-state index contributed by atoms with van der Waals surface area (Å²) in [4.78, 5) is 0. The Morgan fingerprint density at radius 1 is 1.03 bits per heavy atom. The van der Waals surface area contributed by atoms with E-state index >= 15 is 0 Å². The second-order valence-electron chi connectivity index (χ2n) is 8.39. The summed E-state index contributed by atoms with van der Waals surface area (Å²) in [6, 6.07) is 1.36. The van der Waals surface area contributed by atoms with E-state index < -0.39 is 33.0 Å². The molecule has 2 heterocycles. The van der Waals surface area contributed by atoms with Crippen molar-refractivity contribution in [3.63, 3.8) is 0 Å². The van der Waals surface area contributed by atoms with E-state index in [1.807, 2.05) is 0 Å². The number of hydrogen-bond acceptors (Lipinski definition) is 2. The van der Waals surface area contributed by atoms with Crippen molar-refractivity contribution in [2.75, 3.05) is 6.61 Å². The van der Waals surface area contributed by atoms with Crippen molar-refractivity contribution in [3.05, 3.63) is 11.8 Å². The van der Waals surface area contributed by atoms with E-state index in [2.05, 4.69) is 25.9 Å². The first kappa shape index (κ1) is 25.0. The van der Waals surface area contributed by atoms with Gasteiger partial charge in [0.1, 0.15) is 0 Å². The molecule has 0 bridgehead atoms. The van der Waals surface area contributed by atoms with E-state index in [1.54, 1.807) is 4.68 Å². The van der Waals surface area contributed by atoms with Gasteiger partial charge in [-0.3, -0.25) is 0 Å². The van der Waals surface area contributed by atoms with Gasteiger partial charge in [-0.2, -0.15) is 0 Å². The molecule has 2 radical (unpaired) electrons. The van der Waals surface area contributed by atoms with Gasteiger partial charge in [0.15, 0.2) is 0 Å². The number of nitrogens with zero attached hydrogens (tertiary/aromatic N) is 2. The van der Waals surface area contributed by atoms with Crippen LogP contribution in [0, 0.1) is 0 Å². The molecule has 0 spiro atoms. The van der Waals surface area contributed by atoms with Crippen molar-refractivity contribution in [2.24, 2.45) is 0 Å². The topological polar surface area (TPSA) is 27.1 Å². The van der Waals surface area contributed by atoms with Gasteiger partial charge in [-0.15, -0.1) is 0 Å². The molecule has 0 N–H and O–H groups in total. The van der Waals surface area contributed by atoms with Gasteiger partial charge in [0.05, 0.1) is 0 Å². The molecule has 0 amide bonds. The van der Waals surface area contributed by atoms with Crippen LogP contribution in [-0.2, 0) is 10.9 Å². The summed E-state index contributed by atoms with van der Waals surface area (Å²) in [7, 11) is 0. The number of hydrogen-bond donors (Lipinski definition) is 0. The van der Waals surface area contributed by atoms with Gasteiger partial charge in [0.2, 0.25) is 0 Å². The predicted octanol–water partition coefficient (Wildman–Crippen LogP) is 6.66. The van der Waals surface area contributed by atoms with Crippen LogP contribution in [0.1, 0.15) is 110 Å². The van der Waals surface area contributed by atoms with Gasteiger partial charge >= 0.3 is 185 Å². The molecule has 166 valence electrons. The minimum absolute atomic E-state index is 0.223. The van der Waals surface area contributed by atoms with E-state index in [0.717, 1.165) is 80.8 Å². The molecular weight excluding hydrogens is 484 g/mol. The Morgan fingerprint density at radius 3 is 2.07 bits per heavy atom. The van der Waals surface area contributed by atoms with Crippen LogP contribution < -0.4 is 3.71 Å². The zero-order valence-corrected chi connectivity index (χ0v) is 21.1. The Morgan fingerprint density at radius 2 is 1.62 bits per heavy atom. The van der Waals surface area contributed by atoms with Gasteiger partial charge in [-0.1, -0.05) is 0 Å². The molecule has 3 nitrogen and oxygen atoms in total. The maximum absolute atomic E-state index is 13.5. The predicted molar refractivity (Wildman–Crippen MR) is 113 cm³/mol. The summed E-state index contributed by atoms with van der Waals surface area (Å²) in [5.74, 6) is 0. The number of aromatic nitrogens is 2. The number of ether oxygens (including phenoxy) is 1. The summed E-state index contributed by atoms with van der Waals surface area (Å²) < 4.78 is 49.1. The number of rotatable bonds is 12. The molecule has 1 atom stereocenters. The Bertz CT molecular complexity index is 576. The molecule has 1 aromatic heterocycles. The Labute approximate surface area is 184 Å². The summed E-state index contributed by atoms with van der Waals surface area (Å²) in [6.45, 7) is 7.23. The monoisotopic (exact) mass is 522 g/mol. The molecule has 0 saturated carbocycles. The molecule has 1 aliphatic rings. The first-order valence-electron chi connectivity index (χ1n) is 11.4. The fourth-order valence-corrected chi connectivity index (χ4v) is 9.75. The van der Waals surface area contributed by atoms with Crippen molar-refractivity contribution in [3.8, 4) is 0 Å². The second kappa shape index (κ2) is 12.0. The molecular formula is C22H37F3N2OSn. The van der Waals surface area contributed by atoms with Gasteiger partial charge in [0, 0.05) is 0 Å². The van der Waals surface area contributed by atoms with Crippen molar-refractivity contribution in [2.45, 2.75) is 114 Å². The molecule has 1 aliphatic heterocycles. The van der Waals surface area contributed by atoms with E-state index in [4.69, 9.17) is 4.74 Å². The van der Waals surface area contributed by atoms with Gasteiger partial charge in [-0.25, -0.2) is 0 Å². The molecule has 7 heteroatoms. The summed E-state index contributed by atoms with van der Waals surface area (Å²) in [6.07, 6.45) is 8.35. The fourth-order valence-electron chi connectivity index (χ4n) is 4.14. The average molecular weight is 521 g/mol. The van der Waals surface area contributed by atoms with E-state index in [9.17, 15) is 13.2 Å². The Hall–Kier alpha value is -0.241. The van der Waals surface area contributed by atoms with Crippen LogP contribution in [-0.4, -0.2) is 37.5 Å². The minimum atomic E-state index is -4.40. The third-order valence-corrected chi connectivity index (χ3v) is 11.3. The van der Waals surface area contributed by atoms with Gasteiger partial charge in [-0.05, 0) is 0 Å².